The third-order valence-electron chi connectivity index (χ3n) is 5.14. The van der Waals surface area contributed by atoms with Gasteiger partial charge in [0.2, 0.25) is 0 Å². The molecule has 0 amide bonds. The summed E-state index contributed by atoms with van der Waals surface area (Å²) in [6, 6.07) is 16.5. The fourth-order valence-electron chi connectivity index (χ4n) is 4.00. The molecule has 1 aliphatic carbocycles. The lowest BCUT2D eigenvalue weighted by Crippen LogP contribution is -2.51. The van der Waals surface area contributed by atoms with Crippen molar-refractivity contribution in [2.75, 3.05) is 0 Å². The zero-order valence-electron chi connectivity index (χ0n) is 12.9. The number of fused-ring (bicyclic) bond motifs is 4. The number of hydrogen-bond acceptors (Lipinski definition) is 5. The van der Waals surface area contributed by atoms with E-state index in [1.165, 1.54) is 6.07 Å². The fourth-order valence-corrected chi connectivity index (χ4v) is 4.00. The van der Waals surface area contributed by atoms with Crippen LogP contribution in [0.3, 0.4) is 0 Å². The molecular formula is C20H12O5. The third kappa shape index (κ3) is 1.49. The quantitative estimate of drug-likeness (QED) is 0.641. The average molecular weight is 332 g/mol. The number of ketones is 1. The van der Waals surface area contributed by atoms with Gasteiger partial charge in [-0.2, -0.15) is 0 Å². The van der Waals surface area contributed by atoms with Crippen LogP contribution in [0.4, 0.5) is 0 Å². The smallest absolute Gasteiger partial charge is 0.308 e. The summed E-state index contributed by atoms with van der Waals surface area (Å²) in [7, 11) is 0. The second kappa shape index (κ2) is 4.13. The van der Waals surface area contributed by atoms with Gasteiger partial charge in [0.15, 0.2) is 18.0 Å². The first-order chi connectivity index (χ1) is 12.2. The molecule has 2 atom stereocenters. The van der Waals surface area contributed by atoms with E-state index >= 15 is 0 Å². The largest absolute Gasteiger partial charge is 0.507 e. The standard InChI is InChI=1S/C20H12O5/c21-12-7-3-6-11-16(12)17(22)18-19(23-18)20(11)24-13-8-1-4-10-5-2-9-14(25-20)15(10)13/h1-9,18-19,21H/t18-,19-/m1/s1. The Morgan fingerprint density at radius 1 is 0.920 bits per heavy atom. The van der Waals surface area contributed by atoms with E-state index in [0.29, 0.717) is 17.1 Å². The number of Topliss-reactive ketones (excluding diaryl/α,β-unsaturated/α-hetero) is 1. The lowest BCUT2D eigenvalue weighted by molar-refractivity contribution is -0.145. The molecule has 122 valence electrons. The van der Waals surface area contributed by atoms with E-state index in [1.54, 1.807) is 12.1 Å². The molecule has 5 nitrogen and oxygen atoms in total. The van der Waals surface area contributed by atoms with Gasteiger partial charge in [0.05, 0.1) is 16.5 Å². The first-order valence-corrected chi connectivity index (χ1v) is 8.11. The number of benzene rings is 3. The van der Waals surface area contributed by atoms with Gasteiger partial charge < -0.3 is 19.3 Å². The van der Waals surface area contributed by atoms with Crippen LogP contribution < -0.4 is 9.47 Å². The first kappa shape index (κ1) is 13.3. The van der Waals surface area contributed by atoms with Gasteiger partial charge in [-0.1, -0.05) is 36.4 Å². The molecule has 25 heavy (non-hydrogen) atoms. The van der Waals surface area contributed by atoms with Crippen molar-refractivity contribution in [1.82, 2.24) is 0 Å². The van der Waals surface area contributed by atoms with Gasteiger partial charge in [-0.15, -0.1) is 0 Å². The topological polar surface area (TPSA) is 68.3 Å². The Kier molecular flexibility index (Phi) is 2.19. The van der Waals surface area contributed by atoms with E-state index < -0.39 is 18.0 Å². The Hall–Kier alpha value is -3.05. The number of carbonyl (C=O) groups excluding carboxylic acids is 1. The Balaban J connectivity index is 1.65. The third-order valence-corrected chi connectivity index (χ3v) is 5.14. The Morgan fingerprint density at radius 3 is 2.32 bits per heavy atom. The maximum absolute atomic E-state index is 12.5. The van der Waals surface area contributed by atoms with Crippen LogP contribution in [-0.2, 0) is 10.5 Å². The SMILES string of the molecule is O=C1c2c(O)cccc2C2(Oc3cccc4cccc(c34)O2)[C@@H]2O[C@H]12. The number of phenolic OH excluding ortho intramolecular Hbond substituents is 1. The van der Waals surface area contributed by atoms with Gasteiger partial charge in [0.1, 0.15) is 17.2 Å². The molecule has 3 aromatic carbocycles. The van der Waals surface area contributed by atoms with Crippen molar-refractivity contribution < 1.29 is 24.1 Å². The molecule has 0 radical (unpaired) electrons. The Morgan fingerprint density at radius 2 is 1.60 bits per heavy atom. The van der Waals surface area contributed by atoms with E-state index in [2.05, 4.69) is 0 Å². The number of ether oxygens (including phenoxy) is 3. The van der Waals surface area contributed by atoms with Crippen molar-refractivity contribution in [3.8, 4) is 17.2 Å². The highest BCUT2D eigenvalue weighted by Gasteiger charge is 2.69. The zero-order chi connectivity index (χ0) is 16.8. The summed E-state index contributed by atoms with van der Waals surface area (Å²) in [5.41, 5.74) is 0.718. The second-order valence-corrected chi connectivity index (χ2v) is 6.52. The molecule has 3 aromatic rings. The molecule has 2 aliphatic heterocycles. The summed E-state index contributed by atoms with van der Waals surface area (Å²) in [6.07, 6.45) is -1.18. The minimum absolute atomic E-state index is 0.0832. The van der Waals surface area contributed by atoms with Crippen LogP contribution in [0, 0.1) is 0 Å². The van der Waals surface area contributed by atoms with Crippen LogP contribution in [-0.4, -0.2) is 23.1 Å². The lowest BCUT2D eigenvalue weighted by Gasteiger charge is -2.40. The van der Waals surface area contributed by atoms with Crippen molar-refractivity contribution >= 4 is 16.6 Å². The van der Waals surface area contributed by atoms with Crippen LogP contribution in [0.5, 0.6) is 17.2 Å². The average Bonchev–Trinajstić information content (AvgIpc) is 3.42. The summed E-state index contributed by atoms with van der Waals surface area (Å²) in [5, 5.41) is 12.1. The summed E-state index contributed by atoms with van der Waals surface area (Å²) in [5.74, 6) is -0.225. The van der Waals surface area contributed by atoms with Crippen LogP contribution in [0.25, 0.3) is 10.8 Å². The summed E-state index contributed by atoms with van der Waals surface area (Å²) < 4.78 is 18.2. The Bertz CT molecular complexity index is 1050. The number of aromatic hydroxyl groups is 1. The highest BCUT2D eigenvalue weighted by molar-refractivity contribution is 6.07. The van der Waals surface area contributed by atoms with E-state index in [1.807, 2.05) is 36.4 Å². The molecule has 5 heteroatoms. The molecule has 0 unspecified atom stereocenters. The van der Waals surface area contributed by atoms with Crippen LogP contribution in [0.15, 0.2) is 54.6 Å². The van der Waals surface area contributed by atoms with Crippen molar-refractivity contribution in [2.45, 2.75) is 18.0 Å². The molecule has 3 aliphatic rings. The van der Waals surface area contributed by atoms with E-state index in [4.69, 9.17) is 14.2 Å². The number of epoxide rings is 1. The molecule has 0 bridgehead atoms. The summed E-state index contributed by atoms with van der Waals surface area (Å²) in [6.45, 7) is 0. The monoisotopic (exact) mass is 332 g/mol. The van der Waals surface area contributed by atoms with E-state index in [-0.39, 0.29) is 17.1 Å². The van der Waals surface area contributed by atoms with Gasteiger partial charge >= 0.3 is 5.79 Å². The number of carbonyl (C=O) groups is 1. The van der Waals surface area contributed by atoms with Crippen molar-refractivity contribution in [2.24, 2.45) is 0 Å². The molecule has 2 heterocycles. The predicted molar refractivity (Wildman–Crippen MR) is 88.0 cm³/mol. The van der Waals surface area contributed by atoms with Gasteiger partial charge in [0.25, 0.3) is 0 Å². The van der Waals surface area contributed by atoms with Crippen molar-refractivity contribution in [3.63, 3.8) is 0 Å². The minimum atomic E-state index is -1.27. The van der Waals surface area contributed by atoms with Crippen LogP contribution >= 0.6 is 0 Å². The molecule has 6 rings (SSSR count). The second-order valence-electron chi connectivity index (χ2n) is 6.52. The highest BCUT2D eigenvalue weighted by Crippen LogP contribution is 2.55. The number of rotatable bonds is 0. The van der Waals surface area contributed by atoms with Crippen molar-refractivity contribution in [3.05, 3.63) is 65.7 Å². The van der Waals surface area contributed by atoms with Gasteiger partial charge in [0, 0.05) is 0 Å². The van der Waals surface area contributed by atoms with Gasteiger partial charge in [-0.25, -0.2) is 0 Å². The molecule has 1 saturated heterocycles. The minimum Gasteiger partial charge on any atom is -0.507 e. The normalized spacial score (nSPS) is 24.2. The van der Waals surface area contributed by atoms with Crippen LogP contribution in [0.2, 0.25) is 0 Å². The van der Waals surface area contributed by atoms with Gasteiger partial charge in [-0.05, 0) is 23.6 Å². The van der Waals surface area contributed by atoms with E-state index in [0.717, 1.165) is 10.8 Å². The summed E-state index contributed by atoms with van der Waals surface area (Å²) >= 11 is 0. The van der Waals surface area contributed by atoms with Gasteiger partial charge in [-0.3, -0.25) is 4.79 Å². The van der Waals surface area contributed by atoms with Crippen molar-refractivity contribution in [1.29, 1.82) is 0 Å². The van der Waals surface area contributed by atoms with Crippen LogP contribution in [0.1, 0.15) is 15.9 Å². The first-order valence-electron chi connectivity index (χ1n) is 8.11. The zero-order valence-corrected chi connectivity index (χ0v) is 12.9. The molecule has 0 aromatic heterocycles. The maximum atomic E-state index is 12.5. The molecule has 1 fully saturated rings. The molecular weight excluding hydrogens is 320 g/mol. The number of hydrogen-bond donors (Lipinski definition) is 1. The molecule has 0 saturated carbocycles. The maximum Gasteiger partial charge on any atom is 0.308 e. The lowest BCUT2D eigenvalue weighted by atomic mass is 9.84. The molecule has 1 N–H and O–H groups in total. The Labute approximate surface area is 142 Å². The molecule has 1 spiro atoms. The fraction of sp³-hybridized carbons (Fsp3) is 0.150. The summed E-state index contributed by atoms with van der Waals surface area (Å²) in [4.78, 5) is 12.5. The van der Waals surface area contributed by atoms with E-state index in [9.17, 15) is 9.90 Å². The highest BCUT2D eigenvalue weighted by atomic mass is 16.8. The number of phenols is 1. The predicted octanol–water partition coefficient (Wildman–Crippen LogP) is 3.13.